The lowest BCUT2D eigenvalue weighted by molar-refractivity contribution is 0.117. The fourth-order valence-corrected chi connectivity index (χ4v) is 5.26. The number of methoxy groups -OCH3 is 1. The second-order valence-electron chi connectivity index (χ2n) is 8.62. The van der Waals surface area contributed by atoms with Crippen LogP contribution in [0, 0.1) is 12.8 Å². The van der Waals surface area contributed by atoms with Crippen molar-refractivity contribution in [3.63, 3.8) is 0 Å². The van der Waals surface area contributed by atoms with E-state index in [1.807, 2.05) is 12.1 Å². The summed E-state index contributed by atoms with van der Waals surface area (Å²) in [5, 5.41) is 10.8. The summed E-state index contributed by atoms with van der Waals surface area (Å²) in [6, 6.07) is 14.9. The van der Waals surface area contributed by atoms with Gasteiger partial charge in [0, 0.05) is 6.54 Å². The molecule has 2 aromatic carbocycles. The molecule has 28 heavy (non-hydrogen) atoms. The van der Waals surface area contributed by atoms with E-state index >= 15 is 0 Å². The Morgan fingerprint density at radius 2 is 1.75 bits per heavy atom. The summed E-state index contributed by atoms with van der Waals surface area (Å²) in [5.74, 6) is 2.17. The first kappa shape index (κ1) is 19.5. The maximum Gasteiger partial charge on any atom is 0.122 e. The van der Waals surface area contributed by atoms with Crippen molar-refractivity contribution in [1.82, 2.24) is 4.90 Å². The van der Waals surface area contributed by atoms with Gasteiger partial charge in [0.25, 0.3) is 0 Å². The first-order valence-corrected chi connectivity index (χ1v) is 10.8. The average molecular weight is 380 g/mol. The van der Waals surface area contributed by atoms with Gasteiger partial charge in [-0.25, -0.2) is 0 Å². The standard InChI is InChI=1S/C25H33NO2/c1-18-6-3-4-7-21(18)20-12-14-26(15-13-20)17-19-10-11-23-22(24(27)16-19)8-5-9-25(23)28-2/h3-9,19-20,24,27H,10-17H2,1-2H3/t19-,24-/m0/s1. The van der Waals surface area contributed by atoms with E-state index in [4.69, 9.17) is 4.74 Å². The smallest absolute Gasteiger partial charge is 0.122 e. The van der Waals surface area contributed by atoms with Gasteiger partial charge in [0.05, 0.1) is 13.2 Å². The quantitative estimate of drug-likeness (QED) is 0.770. The predicted molar refractivity (Wildman–Crippen MR) is 114 cm³/mol. The van der Waals surface area contributed by atoms with Gasteiger partial charge in [-0.3, -0.25) is 0 Å². The van der Waals surface area contributed by atoms with Gasteiger partial charge in [0.15, 0.2) is 0 Å². The van der Waals surface area contributed by atoms with Crippen LogP contribution >= 0.6 is 0 Å². The second-order valence-corrected chi connectivity index (χ2v) is 8.62. The van der Waals surface area contributed by atoms with E-state index in [2.05, 4.69) is 42.2 Å². The molecule has 0 unspecified atom stereocenters. The van der Waals surface area contributed by atoms with Crippen LogP contribution in [-0.2, 0) is 6.42 Å². The molecule has 2 aromatic rings. The lowest BCUT2D eigenvalue weighted by Crippen LogP contribution is -2.37. The molecule has 1 aliphatic heterocycles. The van der Waals surface area contributed by atoms with Crippen LogP contribution in [-0.4, -0.2) is 36.8 Å². The highest BCUT2D eigenvalue weighted by molar-refractivity contribution is 5.42. The largest absolute Gasteiger partial charge is 0.496 e. The summed E-state index contributed by atoms with van der Waals surface area (Å²) >= 11 is 0. The monoisotopic (exact) mass is 379 g/mol. The van der Waals surface area contributed by atoms with Crippen LogP contribution in [0.3, 0.4) is 0 Å². The topological polar surface area (TPSA) is 32.7 Å². The predicted octanol–water partition coefficient (Wildman–Crippen LogP) is 4.87. The third kappa shape index (κ3) is 4.11. The van der Waals surface area contributed by atoms with Crippen LogP contribution in [0.25, 0.3) is 0 Å². The molecule has 0 radical (unpaired) electrons. The van der Waals surface area contributed by atoms with Crippen molar-refractivity contribution >= 4 is 0 Å². The molecule has 3 heteroatoms. The number of hydrogen-bond donors (Lipinski definition) is 1. The van der Waals surface area contributed by atoms with Crippen molar-refractivity contribution < 1.29 is 9.84 Å². The summed E-state index contributed by atoms with van der Waals surface area (Å²) in [7, 11) is 1.73. The highest BCUT2D eigenvalue weighted by Gasteiger charge is 2.28. The molecule has 4 rings (SSSR count). The number of benzene rings is 2. The Hall–Kier alpha value is -1.84. The highest BCUT2D eigenvalue weighted by atomic mass is 16.5. The van der Waals surface area contributed by atoms with Gasteiger partial charge in [-0.2, -0.15) is 0 Å². The minimum absolute atomic E-state index is 0.373. The van der Waals surface area contributed by atoms with Crippen molar-refractivity contribution in [2.75, 3.05) is 26.7 Å². The normalized spacial score (nSPS) is 23.8. The van der Waals surface area contributed by atoms with Gasteiger partial charge < -0.3 is 14.7 Å². The van der Waals surface area contributed by atoms with Crippen LogP contribution < -0.4 is 4.74 Å². The number of aliphatic hydroxyl groups is 1. The van der Waals surface area contributed by atoms with E-state index in [1.54, 1.807) is 7.11 Å². The van der Waals surface area contributed by atoms with Crippen molar-refractivity contribution in [2.24, 2.45) is 5.92 Å². The molecule has 0 amide bonds. The summed E-state index contributed by atoms with van der Waals surface area (Å²) in [6.45, 7) is 5.68. The maximum absolute atomic E-state index is 10.8. The van der Waals surface area contributed by atoms with E-state index in [0.717, 1.165) is 37.1 Å². The molecule has 2 atom stereocenters. The Balaban J connectivity index is 1.36. The van der Waals surface area contributed by atoms with Crippen LogP contribution in [0.4, 0.5) is 0 Å². The molecule has 150 valence electrons. The Kier molecular flexibility index (Phi) is 6.03. The van der Waals surface area contributed by atoms with Crippen LogP contribution in [0.15, 0.2) is 42.5 Å². The Morgan fingerprint density at radius 1 is 1.00 bits per heavy atom. The van der Waals surface area contributed by atoms with Gasteiger partial charge in [-0.05, 0) is 92.3 Å². The third-order valence-corrected chi connectivity index (χ3v) is 6.84. The SMILES string of the molecule is COc1cccc2c1CC[C@H](CN1CCC(c3ccccc3C)CC1)C[C@@H]2O. The average Bonchev–Trinajstić information content (AvgIpc) is 2.88. The molecule has 1 fully saturated rings. The van der Waals surface area contributed by atoms with Gasteiger partial charge in [0.2, 0.25) is 0 Å². The number of aryl methyl sites for hydroxylation is 1. The number of hydrogen-bond acceptors (Lipinski definition) is 3. The number of ether oxygens (including phenoxy) is 1. The first-order valence-electron chi connectivity index (χ1n) is 10.8. The summed E-state index contributed by atoms with van der Waals surface area (Å²) in [6.07, 6.45) is 5.10. The summed E-state index contributed by atoms with van der Waals surface area (Å²) in [5.41, 5.74) is 5.24. The summed E-state index contributed by atoms with van der Waals surface area (Å²) < 4.78 is 5.54. The molecule has 3 nitrogen and oxygen atoms in total. The molecule has 1 aliphatic carbocycles. The molecular weight excluding hydrogens is 346 g/mol. The molecule has 2 aliphatic rings. The fourth-order valence-electron chi connectivity index (χ4n) is 5.26. The maximum atomic E-state index is 10.8. The Bertz CT molecular complexity index is 795. The molecule has 0 aromatic heterocycles. The molecule has 0 saturated carbocycles. The van der Waals surface area contributed by atoms with Crippen molar-refractivity contribution in [3.05, 3.63) is 64.7 Å². The second kappa shape index (κ2) is 8.67. The van der Waals surface area contributed by atoms with Gasteiger partial charge in [-0.15, -0.1) is 0 Å². The number of aliphatic hydroxyl groups excluding tert-OH is 1. The summed E-state index contributed by atoms with van der Waals surface area (Å²) in [4.78, 5) is 2.62. The molecule has 0 spiro atoms. The van der Waals surface area contributed by atoms with Gasteiger partial charge in [0.1, 0.15) is 5.75 Å². The number of likely N-dealkylation sites (tertiary alicyclic amines) is 1. The number of piperidine rings is 1. The van der Waals surface area contributed by atoms with E-state index in [1.165, 1.54) is 42.6 Å². The zero-order chi connectivity index (χ0) is 19.5. The fraction of sp³-hybridized carbons (Fsp3) is 0.520. The van der Waals surface area contributed by atoms with E-state index in [9.17, 15) is 5.11 Å². The minimum atomic E-state index is -0.373. The molecule has 0 bridgehead atoms. The van der Waals surface area contributed by atoms with Crippen LogP contribution in [0.2, 0.25) is 0 Å². The third-order valence-electron chi connectivity index (χ3n) is 6.84. The number of nitrogens with zero attached hydrogens (tertiary/aromatic N) is 1. The number of fused-ring (bicyclic) bond motifs is 1. The lowest BCUT2D eigenvalue weighted by atomic mass is 9.86. The number of rotatable bonds is 4. The zero-order valence-corrected chi connectivity index (χ0v) is 17.2. The van der Waals surface area contributed by atoms with Crippen molar-refractivity contribution in [3.8, 4) is 5.75 Å². The van der Waals surface area contributed by atoms with Gasteiger partial charge in [-0.1, -0.05) is 36.4 Å². The molecule has 1 heterocycles. The van der Waals surface area contributed by atoms with Crippen LogP contribution in [0.1, 0.15) is 60.0 Å². The van der Waals surface area contributed by atoms with E-state index in [0.29, 0.717) is 11.8 Å². The molecule has 1 saturated heterocycles. The van der Waals surface area contributed by atoms with E-state index in [-0.39, 0.29) is 6.10 Å². The van der Waals surface area contributed by atoms with E-state index < -0.39 is 0 Å². The van der Waals surface area contributed by atoms with Gasteiger partial charge >= 0.3 is 0 Å². The van der Waals surface area contributed by atoms with Crippen molar-refractivity contribution in [1.29, 1.82) is 0 Å². The zero-order valence-electron chi connectivity index (χ0n) is 17.2. The lowest BCUT2D eigenvalue weighted by Gasteiger charge is -2.35. The first-order chi connectivity index (χ1) is 13.7. The Labute approximate surface area is 169 Å². The van der Waals surface area contributed by atoms with Crippen molar-refractivity contribution in [2.45, 2.75) is 51.0 Å². The minimum Gasteiger partial charge on any atom is -0.496 e. The molecular formula is C25H33NO2. The van der Waals surface area contributed by atoms with Crippen LogP contribution in [0.5, 0.6) is 5.75 Å². The Morgan fingerprint density at radius 3 is 2.50 bits per heavy atom. The molecule has 1 N–H and O–H groups in total. The highest BCUT2D eigenvalue weighted by Crippen LogP contribution is 2.37.